The summed E-state index contributed by atoms with van der Waals surface area (Å²) in [5.41, 5.74) is 3.61. The molecule has 2 heterocycles. The van der Waals surface area contributed by atoms with Crippen molar-refractivity contribution < 1.29 is 9.53 Å². The molecule has 2 aromatic heterocycles. The lowest BCUT2D eigenvalue weighted by molar-refractivity contribution is 0.0463. The molecular weight excluding hydrogens is 452 g/mol. The zero-order valence-electron chi connectivity index (χ0n) is 18.2. The van der Waals surface area contributed by atoms with Crippen molar-refractivity contribution in [3.05, 3.63) is 111 Å². The van der Waals surface area contributed by atoms with Crippen molar-refractivity contribution in [1.82, 2.24) is 19.7 Å². The number of aryl methyl sites for hydroxylation is 1. The third-order valence-electron chi connectivity index (χ3n) is 5.34. The average molecular weight is 471 g/mol. The highest BCUT2D eigenvalue weighted by molar-refractivity contribution is 6.31. The number of H-pyrrole nitrogens is 1. The molecule has 0 spiro atoms. The van der Waals surface area contributed by atoms with Crippen molar-refractivity contribution in [2.24, 2.45) is 0 Å². The van der Waals surface area contributed by atoms with Gasteiger partial charge in [-0.3, -0.25) is 4.79 Å². The average Bonchev–Trinajstić information content (AvgIpc) is 3.29. The van der Waals surface area contributed by atoms with Crippen molar-refractivity contribution in [1.29, 1.82) is 0 Å². The molecule has 0 aliphatic carbocycles. The molecular formula is C26H19ClN4O3. The predicted octanol–water partition coefficient (Wildman–Crippen LogP) is 5.09. The molecule has 34 heavy (non-hydrogen) atoms. The van der Waals surface area contributed by atoms with E-state index in [0.29, 0.717) is 27.2 Å². The number of ether oxygens (including phenoxy) is 1. The first kappa shape index (κ1) is 21.6. The standard InChI is InChI=1S/C26H19ClN4O3/c1-16-7-9-17(10-8-16)24-21(14-31(30-24)19-5-3-2-4-6-19)26(33)34-15-23-28-22-13-18(27)11-12-20(22)25(32)29-23/h2-14H,15H2,1H3,(H,28,29,32). The van der Waals surface area contributed by atoms with Gasteiger partial charge in [0.1, 0.15) is 23.7 Å². The van der Waals surface area contributed by atoms with Crippen LogP contribution in [0.1, 0.15) is 21.7 Å². The van der Waals surface area contributed by atoms with Gasteiger partial charge in [0, 0.05) is 16.8 Å². The first-order valence-electron chi connectivity index (χ1n) is 10.6. The van der Waals surface area contributed by atoms with Crippen molar-refractivity contribution in [2.45, 2.75) is 13.5 Å². The number of halogens is 1. The van der Waals surface area contributed by atoms with Crippen LogP contribution in [0.25, 0.3) is 27.8 Å². The first-order chi connectivity index (χ1) is 16.5. The molecule has 0 bridgehead atoms. The van der Waals surface area contributed by atoms with E-state index in [1.807, 2.05) is 61.5 Å². The van der Waals surface area contributed by atoms with Crippen LogP contribution in [-0.2, 0) is 11.3 Å². The van der Waals surface area contributed by atoms with Gasteiger partial charge in [0.25, 0.3) is 5.56 Å². The van der Waals surface area contributed by atoms with Crippen LogP contribution in [0.4, 0.5) is 0 Å². The summed E-state index contributed by atoms with van der Waals surface area (Å²) in [7, 11) is 0. The molecule has 1 N–H and O–H groups in total. The number of aromatic amines is 1. The number of carbonyl (C=O) groups excluding carboxylic acids is 1. The summed E-state index contributed by atoms with van der Waals surface area (Å²) in [6, 6.07) is 22.1. The van der Waals surface area contributed by atoms with Crippen LogP contribution in [0.2, 0.25) is 5.02 Å². The largest absolute Gasteiger partial charge is 0.454 e. The number of fused-ring (bicyclic) bond motifs is 1. The fraction of sp³-hybridized carbons (Fsp3) is 0.0769. The van der Waals surface area contributed by atoms with Gasteiger partial charge in [-0.2, -0.15) is 5.10 Å². The third-order valence-corrected chi connectivity index (χ3v) is 5.57. The second kappa shape index (κ2) is 8.96. The summed E-state index contributed by atoms with van der Waals surface area (Å²) in [5.74, 6) is -0.355. The zero-order chi connectivity index (χ0) is 23.7. The molecule has 5 aromatic rings. The maximum absolute atomic E-state index is 13.1. The number of aromatic nitrogens is 4. The second-order valence-corrected chi connectivity index (χ2v) is 8.22. The van der Waals surface area contributed by atoms with E-state index in [1.165, 1.54) is 0 Å². The Morgan fingerprint density at radius 2 is 1.82 bits per heavy atom. The Hall–Kier alpha value is -4.23. The molecule has 0 aliphatic heterocycles. The third kappa shape index (κ3) is 4.33. The van der Waals surface area contributed by atoms with E-state index in [2.05, 4.69) is 15.1 Å². The molecule has 7 nitrogen and oxygen atoms in total. The Balaban J connectivity index is 1.47. The van der Waals surface area contributed by atoms with E-state index < -0.39 is 5.97 Å². The molecule has 5 rings (SSSR count). The molecule has 168 valence electrons. The quantitative estimate of drug-likeness (QED) is 0.361. The van der Waals surface area contributed by atoms with Gasteiger partial charge in [0.15, 0.2) is 0 Å². The minimum Gasteiger partial charge on any atom is -0.454 e. The summed E-state index contributed by atoms with van der Waals surface area (Å²) in [6.07, 6.45) is 1.64. The highest BCUT2D eigenvalue weighted by Gasteiger charge is 2.20. The normalized spacial score (nSPS) is 11.0. The number of hydrogen-bond acceptors (Lipinski definition) is 5. The molecule has 0 unspecified atom stereocenters. The Bertz CT molecular complexity index is 1560. The van der Waals surface area contributed by atoms with Gasteiger partial charge < -0.3 is 9.72 Å². The van der Waals surface area contributed by atoms with Gasteiger partial charge in [-0.15, -0.1) is 0 Å². The van der Waals surface area contributed by atoms with Gasteiger partial charge in [-0.1, -0.05) is 59.6 Å². The smallest absolute Gasteiger partial charge is 0.342 e. The van der Waals surface area contributed by atoms with Crippen molar-refractivity contribution in [3.8, 4) is 16.9 Å². The zero-order valence-corrected chi connectivity index (χ0v) is 18.9. The lowest BCUT2D eigenvalue weighted by Crippen LogP contribution is -2.14. The maximum Gasteiger partial charge on any atom is 0.342 e. The van der Waals surface area contributed by atoms with E-state index in [0.717, 1.165) is 16.8 Å². The number of nitrogens with one attached hydrogen (secondary N) is 1. The summed E-state index contributed by atoms with van der Waals surface area (Å²) in [6.45, 7) is 1.78. The van der Waals surface area contributed by atoms with Crippen LogP contribution in [0.3, 0.4) is 0 Å². The summed E-state index contributed by atoms with van der Waals surface area (Å²) < 4.78 is 7.17. The number of benzene rings is 3. The van der Waals surface area contributed by atoms with Crippen LogP contribution >= 0.6 is 11.6 Å². The second-order valence-electron chi connectivity index (χ2n) is 7.79. The fourth-order valence-corrected chi connectivity index (χ4v) is 3.77. The first-order valence-corrected chi connectivity index (χ1v) is 10.9. The molecule has 0 atom stereocenters. The van der Waals surface area contributed by atoms with Gasteiger partial charge in [0.05, 0.1) is 16.6 Å². The minimum absolute atomic E-state index is 0.208. The van der Waals surface area contributed by atoms with E-state index in [-0.39, 0.29) is 18.0 Å². The molecule has 3 aromatic carbocycles. The van der Waals surface area contributed by atoms with E-state index >= 15 is 0 Å². The molecule has 0 amide bonds. The fourth-order valence-electron chi connectivity index (χ4n) is 3.60. The van der Waals surface area contributed by atoms with Crippen LogP contribution in [-0.4, -0.2) is 25.7 Å². The van der Waals surface area contributed by atoms with Crippen LogP contribution < -0.4 is 5.56 Å². The maximum atomic E-state index is 13.1. The summed E-state index contributed by atoms with van der Waals surface area (Å²) >= 11 is 6.02. The summed E-state index contributed by atoms with van der Waals surface area (Å²) in [5, 5.41) is 5.52. The molecule has 0 saturated heterocycles. The van der Waals surface area contributed by atoms with E-state index in [9.17, 15) is 9.59 Å². The van der Waals surface area contributed by atoms with E-state index in [1.54, 1.807) is 29.1 Å². The van der Waals surface area contributed by atoms with Gasteiger partial charge in [-0.05, 0) is 37.3 Å². The van der Waals surface area contributed by atoms with Crippen LogP contribution in [0.15, 0.2) is 83.8 Å². The Morgan fingerprint density at radius 3 is 2.59 bits per heavy atom. The number of para-hydroxylation sites is 1. The van der Waals surface area contributed by atoms with E-state index in [4.69, 9.17) is 16.3 Å². The van der Waals surface area contributed by atoms with Crippen molar-refractivity contribution in [3.63, 3.8) is 0 Å². The number of carbonyl (C=O) groups is 1. The molecule has 0 saturated carbocycles. The number of nitrogens with zero attached hydrogens (tertiary/aromatic N) is 3. The SMILES string of the molecule is Cc1ccc(-c2nn(-c3ccccc3)cc2C(=O)OCc2nc3cc(Cl)ccc3c(=O)[nH]2)cc1. The number of hydrogen-bond donors (Lipinski definition) is 1. The molecule has 0 radical (unpaired) electrons. The Kier molecular flexibility index (Phi) is 5.69. The Labute approximate surface area is 199 Å². The monoisotopic (exact) mass is 470 g/mol. The Morgan fingerprint density at radius 1 is 1.06 bits per heavy atom. The van der Waals surface area contributed by atoms with Gasteiger partial charge in [-0.25, -0.2) is 14.5 Å². The van der Waals surface area contributed by atoms with Crippen molar-refractivity contribution in [2.75, 3.05) is 0 Å². The van der Waals surface area contributed by atoms with Crippen LogP contribution in [0.5, 0.6) is 0 Å². The van der Waals surface area contributed by atoms with Gasteiger partial charge >= 0.3 is 5.97 Å². The predicted molar refractivity (Wildman–Crippen MR) is 130 cm³/mol. The lowest BCUT2D eigenvalue weighted by atomic mass is 10.1. The highest BCUT2D eigenvalue weighted by Crippen LogP contribution is 2.25. The van der Waals surface area contributed by atoms with Crippen molar-refractivity contribution >= 4 is 28.5 Å². The molecule has 0 aliphatic rings. The number of rotatable bonds is 5. The lowest BCUT2D eigenvalue weighted by Gasteiger charge is -2.06. The summed E-state index contributed by atoms with van der Waals surface area (Å²) in [4.78, 5) is 32.5. The number of esters is 1. The molecule has 0 fully saturated rings. The minimum atomic E-state index is -0.577. The van der Waals surface area contributed by atoms with Gasteiger partial charge in [0.2, 0.25) is 0 Å². The highest BCUT2D eigenvalue weighted by atomic mass is 35.5. The van der Waals surface area contributed by atoms with Crippen LogP contribution in [0, 0.1) is 6.92 Å². The topological polar surface area (TPSA) is 89.9 Å². The molecule has 8 heteroatoms.